The van der Waals surface area contributed by atoms with E-state index in [2.05, 4.69) is 12.2 Å². The largest absolute Gasteiger partial charge is 0.314 e. The van der Waals surface area contributed by atoms with Crippen molar-refractivity contribution in [2.45, 2.75) is 39.2 Å². The number of rotatable bonds is 3. The van der Waals surface area contributed by atoms with Crippen LogP contribution in [0.3, 0.4) is 0 Å². The van der Waals surface area contributed by atoms with Crippen molar-refractivity contribution in [3.8, 4) is 0 Å². The minimum absolute atomic E-state index is 0.101. The number of halogens is 1. The van der Waals surface area contributed by atoms with Gasteiger partial charge in [-0.15, -0.1) is 0 Å². The first-order valence-electron chi connectivity index (χ1n) is 6.15. The van der Waals surface area contributed by atoms with Crippen LogP contribution in [0.25, 0.3) is 0 Å². The van der Waals surface area contributed by atoms with Crippen molar-refractivity contribution < 1.29 is 4.39 Å². The van der Waals surface area contributed by atoms with Gasteiger partial charge in [0.05, 0.1) is 0 Å². The zero-order chi connectivity index (χ0) is 11.5. The monoisotopic (exact) mass is 221 g/mol. The standard InChI is InChI=1S/C14H20FN/c1-10-8-12(5-6-13(10)15)9-11(2)14-4-3-7-16-14/h5-6,8,11,14,16H,3-4,7,9H2,1-2H3. The van der Waals surface area contributed by atoms with Gasteiger partial charge in [0.15, 0.2) is 0 Å². The molecule has 2 rings (SSSR count). The summed E-state index contributed by atoms with van der Waals surface area (Å²) >= 11 is 0. The van der Waals surface area contributed by atoms with Gasteiger partial charge in [-0.2, -0.15) is 0 Å². The molecule has 16 heavy (non-hydrogen) atoms. The Morgan fingerprint density at radius 3 is 2.94 bits per heavy atom. The molecule has 1 heterocycles. The maximum atomic E-state index is 13.1. The van der Waals surface area contributed by atoms with Gasteiger partial charge in [0, 0.05) is 6.04 Å². The number of benzene rings is 1. The Bertz CT molecular complexity index is 356. The third-order valence-corrected chi connectivity index (χ3v) is 3.57. The van der Waals surface area contributed by atoms with E-state index in [0.717, 1.165) is 18.5 Å². The highest BCUT2D eigenvalue weighted by Gasteiger charge is 2.20. The van der Waals surface area contributed by atoms with Crippen LogP contribution in [0.4, 0.5) is 4.39 Å². The minimum atomic E-state index is -0.101. The molecule has 1 aliphatic rings. The van der Waals surface area contributed by atoms with Crippen molar-refractivity contribution in [2.75, 3.05) is 6.54 Å². The third-order valence-electron chi connectivity index (χ3n) is 3.57. The summed E-state index contributed by atoms with van der Waals surface area (Å²) in [5, 5.41) is 3.53. The molecule has 88 valence electrons. The normalized spacial score (nSPS) is 22.3. The molecule has 2 unspecified atom stereocenters. The van der Waals surface area contributed by atoms with Crippen LogP contribution < -0.4 is 5.32 Å². The van der Waals surface area contributed by atoms with Crippen molar-refractivity contribution in [1.29, 1.82) is 0 Å². The number of aryl methyl sites for hydroxylation is 1. The molecule has 0 bridgehead atoms. The summed E-state index contributed by atoms with van der Waals surface area (Å²) in [5.74, 6) is 0.530. The fraction of sp³-hybridized carbons (Fsp3) is 0.571. The molecular formula is C14H20FN. The maximum absolute atomic E-state index is 13.1. The van der Waals surface area contributed by atoms with Crippen molar-refractivity contribution in [2.24, 2.45) is 5.92 Å². The zero-order valence-corrected chi connectivity index (χ0v) is 10.1. The van der Waals surface area contributed by atoms with E-state index in [4.69, 9.17) is 0 Å². The zero-order valence-electron chi connectivity index (χ0n) is 10.1. The van der Waals surface area contributed by atoms with E-state index >= 15 is 0 Å². The van der Waals surface area contributed by atoms with Crippen LogP contribution in [0.2, 0.25) is 0 Å². The molecule has 1 aromatic rings. The lowest BCUT2D eigenvalue weighted by molar-refractivity contribution is 0.417. The molecule has 0 spiro atoms. The molecule has 1 N–H and O–H groups in total. The Labute approximate surface area is 97.1 Å². The Morgan fingerprint density at radius 1 is 1.50 bits per heavy atom. The predicted molar refractivity (Wildman–Crippen MR) is 65.0 cm³/mol. The molecule has 0 aliphatic carbocycles. The second-order valence-electron chi connectivity index (χ2n) is 4.97. The first kappa shape index (κ1) is 11.6. The van der Waals surface area contributed by atoms with E-state index in [1.165, 1.54) is 18.4 Å². The fourth-order valence-corrected chi connectivity index (χ4v) is 2.55. The topological polar surface area (TPSA) is 12.0 Å². The summed E-state index contributed by atoms with van der Waals surface area (Å²) < 4.78 is 13.1. The molecule has 0 saturated carbocycles. The molecular weight excluding hydrogens is 201 g/mol. The molecule has 0 radical (unpaired) electrons. The highest BCUT2D eigenvalue weighted by molar-refractivity contribution is 5.24. The van der Waals surface area contributed by atoms with Gasteiger partial charge in [0.25, 0.3) is 0 Å². The van der Waals surface area contributed by atoms with Gasteiger partial charge in [-0.3, -0.25) is 0 Å². The van der Waals surface area contributed by atoms with E-state index in [1.807, 2.05) is 19.1 Å². The van der Waals surface area contributed by atoms with E-state index < -0.39 is 0 Å². The van der Waals surface area contributed by atoms with E-state index in [0.29, 0.717) is 12.0 Å². The van der Waals surface area contributed by atoms with Gasteiger partial charge in [0.1, 0.15) is 5.82 Å². The van der Waals surface area contributed by atoms with Crippen LogP contribution >= 0.6 is 0 Å². The summed E-state index contributed by atoms with van der Waals surface area (Å²) in [4.78, 5) is 0. The maximum Gasteiger partial charge on any atom is 0.126 e. The molecule has 0 aromatic heterocycles. The van der Waals surface area contributed by atoms with Crippen LogP contribution in [-0.2, 0) is 6.42 Å². The quantitative estimate of drug-likeness (QED) is 0.827. The van der Waals surface area contributed by atoms with E-state index in [1.54, 1.807) is 6.07 Å². The molecule has 1 aromatic carbocycles. The van der Waals surface area contributed by atoms with Crippen LogP contribution in [0.1, 0.15) is 30.9 Å². The first-order valence-corrected chi connectivity index (χ1v) is 6.15. The Morgan fingerprint density at radius 2 is 2.31 bits per heavy atom. The van der Waals surface area contributed by atoms with Crippen molar-refractivity contribution in [3.63, 3.8) is 0 Å². The number of hydrogen-bond acceptors (Lipinski definition) is 1. The number of hydrogen-bond donors (Lipinski definition) is 1. The highest BCUT2D eigenvalue weighted by Crippen LogP contribution is 2.20. The van der Waals surface area contributed by atoms with Crippen molar-refractivity contribution in [1.82, 2.24) is 5.32 Å². The second-order valence-corrected chi connectivity index (χ2v) is 4.97. The summed E-state index contributed by atoms with van der Waals surface area (Å²) in [7, 11) is 0. The average molecular weight is 221 g/mol. The summed E-state index contributed by atoms with van der Waals surface area (Å²) in [6, 6.07) is 6.11. The molecule has 2 heteroatoms. The first-order chi connectivity index (χ1) is 7.66. The van der Waals surface area contributed by atoms with E-state index in [-0.39, 0.29) is 5.82 Å². The minimum Gasteiger partial charge on any atom is -0.314 e. The number of nitrogens with one attached hydrogen (secondary N) is 1. The van der Waals surface area contributed by atoms with Crippen molar-refractivity contribution in [3.05, 3.63) is 35.1 Å². The van der Waals surface area contributed by atoms with E-state index in [9.17, 15) is 4.39 Å². The molecule has 2 atom stereocenters. The van der Waals surface area contributed by atoms with Gasteiger partial charge in [-0.1, -0.05) is 19.1 Å². The molecule has 1 fully saturated rings. The smallest absolute Gasteiger partial charge is 0.126 e. The second kappa shape index (κ2) is 4.96. The Hall–Kier alpha value is -0.890. The summed E-state index contributed by atoms with van der Waals surface area (Å²) in [5.41, 5.74) is 2.00. The van der Waals surface area contributed by atoms with Crippen LogP contribution in [0.5, 0.6) is 0 Å². The Balaban J connectivity index is 1.99. The van der Waals surface area contributed by atoms with Crippen LogP contribution in [-0.4, -0.2) is 12.6 Å². The van der Waals surface area contributed by atoms with Crippen LogP contribution in [0, 0.1) is 18.7 Å². The molecule has 1 aliphatic heterocycles. The lowest BCUT2D eigenvalue weighted by Gasteiger charge is -2.19. The van der Waals surface area contributed by atoms with Gasteiger partial charge in [-0.25, -0.2) is 4.39 Å². The van der Waals surface area contributed by atoms with Gasteiger partial charge >= 0.3 is 0 Å². The fourth-order valence-electron chi connectivity index (χ4n) is 2.55. The van der Waals surface area contributed by atoms with Gasteiger partial charge in [-0.05, 0) is 55.8 Å². The molecule has 1 nitrogen and oxygen atoms in total. The highest BCUT2D eigenvalue weighted by atomic mass is 19.1. The van der Waals surface area contributed by atoms with Crippen LogP contribution in [0.15, 0.2) is 18.2 Å². The Kier molecular flexibility index (Phi) is 3.59. The van der Waals surface area contributed by atoms with Gasteiger partial charge in [0.2, 0.25) is 0 Å². The van der Waals surface area contributed by atoms with Crippen molar-refractivity contribution >= 4 is 0 Å². The third kappa shape index (κ3) is 2.62. The lowest BCUT2D eigenvalue weighted by Crippen LogP contribution is -2.29. The summed E-state index contributed by atoms with van der Waals surface area (Å²) in [6.45, 7) is 5.26. The SMILES string of the molecule is Cc1cc(CC(C)C2CCCN2)ccc1F. The predicted octanol–water partition coefficient (Wildman–Crippen LogP) is 3.06. The molecule has 0 amide bonds. The average Bonchev–Trinajstić information content (AvgIpc) is 2.77. The van der Waals surface area contributed by atoms with Gasteiger partial charge < -0.3 is 5.32 Å². The summed E-state index contributed by atoms with van der Waals surface area (Å²) in [6.07, 6.45) is 3.61. The lowest BCUT2D eigenvalue weighted by atomic mass is 9.92. The molecule has 1 saturated heterocycles.